The molecular formula is C17H20N2O8. The Morgan fingerprint density at radius 2 is 1.96 bits per heavy atom. The molecule has 0 aromatic carbocycles. The van der Waals surface area contributed by atoms with Gasteiger partial charge in [-0.25, -0.2) is 4.79 Å². The molecule has 2 aliphatic heterocycles. The first-order chi connectivity index (χ1) is 12.7. The van der Waals surface area contributed by atoms with Crippen molar-refractivity contribution in [2.75, 3.05) is 6.61 Å². The molecular weight excluding hydrogens is 360 g/mol. The second-order valence-corrected chi connectivity index (χ2v) is 6.16. The fourth-order valence-electron chi connectivity index (χ4n) is 2.95. The average Bonchev–Trinajstić information content (AvgIpc) is 2.74. The van der Waals surface area contributed by atoms with Crippen molar-refractivity contribution >= 4 is 29.7 Å². The molecule has 2 atom stereocenters. The fraction of sp³-hybridized carbons (Fsp3) is 0.471. The second-order valence-electron chi connectivity index (χ2n) is 6.16. The maximum absolute atomic E-state index is 12.4. The summed E-state index contributed by atoms with van der Waals surface area (Å²) in [5, 5.41) is 20.6. The Labute approximate surface area is 154 Å². The van der Waals surface area contributed by atoms with Crippen LogP contribution in [-0.2, 0) is 28.7 Å². The van der Waals surface area contributed by atoms with Gasteiger partial charge in [0.05, 0.1) is 6.04 Å². The minimum atomic E-state index is -1.33. The number of allylic oxidation sites excluding steroid dienone is 1. The molecule has 10 heteroatoms. The van der Waals surface area contributed by atoms with E-state index in [2.05, 4.69) is 5.32 Å². The lowest BCUT2D eigenvalue weighted by atomic mass is 9.93. The molecule has 2 rings (SSSR count). The van der Waals surface area contributed by atoms with Gasteiger partial charge in [-0.1, -0.05) is 12.2 Å². The third kappa shape index (κ3) is 4.72. The first-order valence-electron chi connectivity index (χ1n) is 8.32. The Morgan fingerprint density at radius 3 is 2.56 bits per heavy atom. The number of hydrogen-bond donors (Lipinski definition) is 3. The predicted molar refractivity (Wildman–Crippen MR) is 89.1 cm³/mol. The van der Waals surface area contributed by atoms with Gasteiger partial charge in [0.25, 0.3) is 5.91 Å². The molecule has 0 bridgehead atoms. The number of rotatable bonds is 8. The molecule has 0 aromatic heterocycles. The monoisotopic (exact) mass is 380 g/mol. The number of hydrogen-bond acceptors (Lipinski definition) is 6. The molecule has 3 N–H and O–H groups in total. The molecule has 2 amide bonds. The van der Waals surface area contributed by atoms with Crippen LogP contribution >= 0.6 is 0 Å². The summed E-state index contributed by atoms with van der Waals surface area (Å²) in [5.74, 6) is -3.98. The quantitative estimate of drug-likeness (QED) is 0.298. The van der Waals surface area contributed by atoms with Crippen LogP contribution in [0.5, 0.6) is 0 Å². The van der Waals surface area contributed by atoms with E-state index in [4.69, 9.17) is 9.84 Å². The number of carboxylic acid groups (broad SMARTS) is 2. The van der Waals surface area contributed by atoms with Gasteiger partial charge < -0.3 is 20.3 Å². The number of carboxylic acids is 2. The molecule has 0 spiro atoms. The van der Waals surface area contributed by atoms with Crippen molar-refractivity contribution in [3.63, 3.8) is 0 Å². The highest BCUT2D eigenvalue weighted by atomic mass is 16.5. The van der Waals surface area contributed by atoms with Crippen molar-refractivity contribution in [2.24, 2.45) is 0 Å². The van der Waals surface area contributed by atoms with Crippen LogP contribution in [0.3, 0.4) is 0 Å². The highest BCUT2D eigenvalue weighted by molar-refractivity contribution is 6.02. The van der Waals surface area contributed by atoms with Gasteiger partial charge in [-0.3, -0.25) is 24.1 Å². The van der Waals surface area contributed by atoms with Crippen LogP contribution in [0.2, 0.25) is 0 Å². The zero-order valence-corrected chi connectivity index (χ0v) is 14.6. The summed E-state index contributed by atoms with van der Waals surface area (Å²) in [6, 6.07) is -1.58. The lowest BCUT2D eigenvalue weighted by Crippen LogP contribution is -2.70. The molecule has 10 nitrogen and oxygen atoms in total. The molecule has 1 saturated heterocycles. The molecule has 0 aromatic rings. The second kappa shape index (κ2) is 8.47. The molecule has 2 heterocycles. The van der Waals surface area contributed by atoms with E-state index < -0.39 is 41.8 Å². The third-order valence-electron chi connectivity index (χ3n) is 4.18. The molecule has 0 aliphatic carbocycles. The van der Waals surface area contributed by atoms with Crippen LogP contribution in [0.1, 0.15) is 32.6 Å². The van der Waals surface area contributed by atoms with Crippen LogP contribution in [0.4, 0.5) is 0 Å². The van der Waals surface area contributed by atoms with Gasteiger partial charge in [0.15, 0.2) is 0 Å². The van der Waals surface area contributed by atoms with Crippen LogP contribution in [0.25, 0.3) is 0 Å². The summed E-state index contributed by atoms with van der Waals surface area (Å²) in [6.07, 6.45) is 3.39. The smallest absolute Gasteiger partial charge is 0.352 e. The minimum absolute atomic E-state index is 0.0498. The molecule has 0 saturated carbocycles. The van der Waals surface area contributed by atoms with Crippen molar-refractivity contribution < 1.29 is 38.9 Å². The highest BCUT2D eigenvalue weighted by Gasteiger charge is 2.51. The lowest BCUT2D eigenvalue weighted by Gasteiger charge is -2.45. The summed E-state index contributed by atoms with van der Waals surface area (Å²) < 4.78 is 4.87. The predicted octanol–water partition coefficient (Wildman–Crippen LogP) is -0.201. The molecule has 2 aliphatic rings. The number of nitrogens with zero attached hydrogens (tertiary/aromatic N) is 1. The van der Waals surface area contributed by atoms with Gasteiger partial charge in [0.2, 0.25) is 5.91 Å². The first kappa shape index (κ1) is 20.1. The van der Waals surface area contributed by atoms with Crippen LogP contribution in [0, 0.1) is 0 Å². The van der Waals surface area contributed by atoms with E-state index >= 15 is 0 Å². The van der Waals surface area contributed by atoms with Gasteiger partial charge >= 0.3 is 17.9 Å². The van der Waals surface area contributed by atoms with E-state index in [1.54, 1.807) is 12.2 Å². The van der Waals surface area contributed by atoms with Crippen molar-refractivity contribution in [2.45, 2.75) is 44.7 Å². The Hall–Kier alpha value is -3.17. The van der Waals surface area contributed by atoms with Gasteiger partial charge in [0.1, 0.15) is 18.3 Å². The lowest BCUT2D eigenvalue weighted by molar-refractivity contribution is -0.152. The minimum Gasteiger partial charge on any atom is -0.481 e. The van der Waals surface area contributed by atoms with Crippen LogP contribution in [0.15, 0.2) is 23.4 Å². The zero-order valence-electron chi connectivity index (χ0n) is 14.6. The van der Waals surface area contributed by atoms with E-state index in [-0.39, 0.29) is 43.6 Å². The van der Waals surface area contributed by atoms with Gasteiger partial charge in [0, 0.05) is 25.3 Å². The van der Waals surface area contributed by atoms with Gasteiger partial charge in [-0.05, 0) is 12.8 Å². The molecule has 0 unspecified atom stereocenters. The summed E-state index contributed by atoms with van der Waals surface area (Å²) in [6.45, 7) is 0.949. The number of carbonyl (C=O) groups is 5. The van der Waals surface area contributed by atoms with E-state index in [0.29, 0.717) is 0 Å². The van der Waals surface area contributed by atoms with E-state index in [1.807, 2.05) is 0 Å². The van der Waals surface area contributed by atoms with Gasteiger partial charge in [-0.2, -0.15) is 0 Å². The van der Waals surface area contributed by atoms with Crippen LogP contribution in [-0.4, -0.2) is 63.5 Å². The fourth-order valence-corrected chi connectivity index (χ4v) is 2.95. The van der Waals surface area contributed by atoms with E-state index in [0.717, 1.165) is 4.90 Å². The van der Waals surface area contributed by atoms with Crippen molar-refractivity contribution in [3.8, 4) is 0 Å². The topological polar surface area (TPSA) is 150 Å². The SMILES string of the molecule is CC(=O)OCC1=C(C(=O)O)N2C(=O)[C@@H](NC(=O)CCCC(=O)O)[C@H]2C=CC1. The molecule has 146 valence electrons. The number of amides is 2. The number of esters is 1. The van der Waals surface area contributed by atoms with Crippen molar-refractivity contribution in [3.05, 3.63) is 23.4 Å². The molecule has 27 heavy (non-hydrogen) atoms. The Balaban J connectivity index is 2.10. The zero-order chi connectivity index (χ0) is 20.1. The number of nitrogens with one attached hydrogen (secondary N) is 1. The number of β-lactam (4-membered cyclic amide) rings is 1. The maximum Gasteiger partial charge on any atom is 0.352 e. The Kier molecular flexibility index (Phi) is 6.32. The number of carbonyl (C=O) groups excluding carboxylic acids is 3. The summed E-state index contributed by atoms with van der Waals surface area (Å²) >= 11 is 0. The number of aliphatic carboxylic acids is 2. The van der Waals surface area contributed by atoms with E-state index in [1.165, 1.54) is 6.92 Å². The molecule has 1 fully saturated rings. The van der Waals surface area contributed by atoms with Crippen molar-refractivity contribution in [1.29, 1.82) is 0 Å². The Morgan fingerprint density at radius 1 is 1.26 bits per heavy atom. The maximum atomic E-state index is 12.4. The standard InChI is InChI=1S/C17H20N2O8/c1-9(20)27-8-10-4-2-5-11-14(16(24)19(11)15(10)17(25)26)18-12(21)6-3-7-13(22)23/h2,5,11,14H,3-4,6-8H2,1H3,(H,18,21)(H,22,23)(H,25,26)/t11-,14+/m1/s1. The van der Waals surface area contributed by atoms with Crippen molar-refractivity contribution in [1.82, 2.24) is 10.2 Å². The third-order valence-corrected chi connectivity index (χ3v) is 4.18. The van der Waals surface area contributed by atoms with Crippen LogP contribution < -0.4 is 5.32 Å². The largest absolute Gasteiger partial charge is 0.481 e. The first-order valence-corrected chi connectivity index (χ1v) is 8.32. The normalized spacial score (nSPS) is 21.1. The summed E-state index contributed by atoms with van der Waals surface area (Å²) in [7, 11) is 0. The average molecular weight is 380 g/mol. The summed E-state index contributed by atoms with van der Waals surface area (Å²) in [5.41, 5.74) is 0.0173. The number of ether oxygens (including phenoxy) is 1. The summed E-state index contributed by atoms with van der Waals surface area (Å²) in [4.78, 5) is 58.6. The van der Waals surface area contributed by atoms with E-state index in [9.17, 15) is 29.1 Å². The number of fused-ring (bicyclic) bond motifs is 1. The Bertz CT molecular complexity index is 739. The van der Waals surface area contributed by atoms with Gasteiger partial charge in [-0.15, -0.1) is 0 Å². The molecule has 0 radical (unpaired) electrons. The highest BCUT2D eigenvalue weighted by Crippen LogP contribution is 2.32.